The lowest BCUT2D eigenvalue weighted by Crippen LogP contribution is -2.51. The summed E-state index contributed by atoms with van der Waals surface area (Å²) in [7, 11) is 0. The van der Waals surface area contributed by atoms with E-state index in [9.17, 15) is 4.79 Å². The van der Waals surface area contributed by atoms with Crippen molar-refractivity contribution in [3.05, 3.63) is 0 Å². The average molecular weight is 174 g/mol. The van der Waals surface area contributed by atoms with E-state index >= 15 is 0 Å². The SMILES string of the molecule is O=C1CC2C3CC4C5CC(C1C35)C24. The molecule has 0 aromatic rings. The molecule has 8 unspecified atom stereocenters. The van der Waals surface area contributed by atoms with Crippen LogP contribution < -0.4 is 0 Å². The molecule has 6 fully saturated rings. The van der Waals surface area contributed by atoms with E-state index in [1.54, 1.807) is 0 Å². The number of Topliss-reactive ketones (excluding diaryl/α,β-unsaturated/α-hetero) is 1. The molecule has 0 amide bonds. The summed E-state index contributed by atoms with van der Waals surface area (Å²) in [5, 5.41) is 0. The van der Waals surface area contributed by atoms with Crippen LogP contribution in [0.5, 0.6) is 0 Å². The summed E-state index contributed by atoms with van der Waals surface area (Å²) in [6.45, 7) is 0. The Bertz CT molecular complexity index is 332. The molecule has 0 radical (unpaired) electrons. The molecular formula is C12H14O. The number of hydrogen-bond acceptors (Lipinski definition) is 1. The van der Waals surface area contributed by atoms with Crippen molar-refractivity contribution >= 4 is 5.78 Å². The molecule has 0 saturated heterocycles. The van der Waals surface area contributed by atoms with Gasteiger partial charge >= 0.3 is 0 Å². The minimum absolute atomic E-state index is 0.573. The minimum Gasteiger partial charge on any atom is -0.299 e. The molecule has 68 valence electrons. The highest BCUT2D eigenvalue weighted by atomic mass is 16.1. The van der Waals surface area contributed by atoms with Crippen molar-refractivity contribution in [2.45, 2.75) is 19.3 Å². The topological polar surface area (TPSA) is 17.1 Å². The Morgan fingerprint density at radius 3 is 2.46 bits per heavy atom. The van der Waals surface area contributed by atoms with Crippen LogP contribution >= 0.6 is 0 Å². The summed E-state index contributed by atoms with van der Waals surface area (Å²) in [5.74, 6) is 8.04. The van der Waals surface area contributed by atoms with Crippen LogP contribution in [-0.4, -0.2) is 5.78 Å². The first-order valence-electron chi connectivity index (χ1n) is 5.89. The van der Waals surface area contributed by atoms with E-state index in [2.05, 4.69) is 0 Å². The Labute approximate surface area is 77.9 Å². The van der Waals surface area contributed by atoms with Gasteiger partial charge in [0.05, 0.1) is 0 Å². The zero-order valence-corrected chi connectivity index (χ0v) is 7.65. The Morgan fingerprint density at radius 1 is 0.846 bits per heavy atom. The molecule has 0 aromatic heterocycles. The summed E-state index contributed by atoms with van der Waals surface area (Å²) in [4.78, 5) is 11.8. The zero-order valence-electron chi connectivity index (χ0n) is 7.65. The Hall–Kier alpha value is -0.330. The summed E-state index contributed by atoms with van der Waals surface area (Å²) in [6.07, 6.45) is 3.95. The summed E-state index contributed by atoms with van der Waals surface area (Å²) >= 11 is 0. The van der Waals surface area contributed by atoms with Crippen LogP contribution in [0, 0.1) is 47.3 Å². The predicted octanol–water partition coefficient (Wildman–Crippen LogP) is 1.72. The van der Waals surface area contributed by atoms with Crippen molar-refractivity contribution in [1.29, 1.82) is 0 Å². The maximum atomic E-state index is 11.8. The molecule has 6 bridgehead atoms. The fourth-order valence-corrected chi connectivity index (χ4v) is 6.51. The number of rotatable bonds is 0. The maximum Gasteiger partial charge on any atom is 0.136 e. The molecule has 6 saturated carbocycles. The van der Waals surface area contributed by atoms with Crippen molar-refractivity contribution in [2.24, 2.45) is 47.3 Å². The molecule has 0 aromatic carbocycles. The van der Waals surface area contributed by atoms with E-state index in [1.165, 1.54) is 12.8 Å². The lowest BCUT2D eigenvalue weighted by Gasteiger charge is -2.51. The quantitative estimate of drug-likeness (QED) is 0.546. The highest BCUT2D eigenvalue weighted by Crippen LogP contribution is 2.79. The summed E-state index contributed by atoms with van der Waals surface area (Å²) in [5.41, 5.74) is 0. The van der Waals surface area contributed by atoms with E-state index in [0.717, 1.165) is 47.8 Å². The lowest BCUT2D eigenvalue weighted by molar-refractivity contribution is -0.143. The van der Waals surface area contributed by atoms with Crippen LogP contribution in [0.3, 0.4) is 0 Å². The third-order valence-electron chi connectivity index (χ3n) is 6.35. The molecule has 13 heavy (non-hydrogen) atoms. The Kier molecular flexibility index (Phi) is 0.721. The van der Waals surface area contributed by atoms with E-state index in [4.69, 9.17) is 0 Å². The van der Waals surface area contributed by atoms with E-state index in [1.807, 2.05) is 0 Å². The second kappa shape index (κ2) is 1.51. The summed E-state index contributed by atoms with van der Waals surface area (Å²) in [6, 6.07) is 0. The van der Waals surface area contributed by atoms with Crippen molar-refractivity contribution in [3.63, 3.8) is 0 Å². The molecule has 6 rings (SSSR count). The van der Waals surface area contributed by atoms with E-state index < -0.39 is 0 Å². The molecule has 0 aliphatic heterocycles. The molecule has 0 N–H and O–H groups in total. The molecular weight excluding hydrogens is 160 g/mol. The Morgan fingerprint density at radius 2 is 1.54 bits per heavy atom. The van der Waals surface area contributed by atoms with Crippen molar-refractivity contribution in [1.82, 2.24) is 0 Å². The average Bonchev–Trinajstić information content (AvgIpc) is 2.67. The van der Waals surface area contributed by atoms with Gasteiger partial charge in [-0.3, -0.25) is 4.79 Å². The second-order valence-corrected chi connectivity index (χ2v) is 6.14. The van der Waals surface area contributed by atoms with Gasteiger partial charge in [0.15, 0.2) is 0 Å². The smallest absolute Gasteiger partial charge is 0.136 e. The van der Waals surface area contributed by atoms with Crippen LogP contribution in [0.25, 0.3) is 0 Å². The molecule has 0 heterocycles. The van der Waals surface area contributed by atoms with Gasteiger partial charge in [-0.05, 0) is 54.3 Å². The van der Waals surface area contributed by atoms with Crippen LogP contribution in [0.1, 0.15) is 19.3 Å². The third-order valence-corrected chi connectivity index (χ3v) is 6.35. The normalized spacial score (nSPS) is 74.9. The van der Waals surface area contributed by atoms with Gasteiger partial charge in [-0.25, -0.2) is 0 Å². The van der Waals surface area contributed by atoms with Gasteiger partial charge in [-0.2, -0.15) is 0 Å². The number of hydrogen-bond donors (Lipinski definition) is 0. The van der Waals surface area contributed by atoms with E-state index in [0.29, 0.717) is 11.7 Å². The standard InChI is InChI=1S/C12H14O/c13-9-3-7-5-1-4-6-2-8(10(4)7)12(9)11(5)6/h4-8,10-12H,1-3H2. The largest absolute Gasteiger partial charge is 0.299 e. The second-order valence-electron chi connectivity index (χ2n) is 6.14. The zero-order chi connectivity index (χ0) is 8.32. The fraction of sp³-hybridized carbons (Fsp3) is 0.917. The van der Waals surface area contributed by atoms with Gasteiger partial charge in [0.25, 0.3) is 0 Å². The summed E-state index contributed by atoms with van der Waals surface area (Å²) < 4.78 is 0. The van der Waals surface area contributed by atoms with Crippen LogP contribution in [0.2, 0.25) is 0 Å². The van der Waals surface area contributed by atoms with Gasteiger partial charge in [0.1, 0.15) is 5.78 Å². The fourth-order valence-electron chi connectivity index (χ4n) is 6.51. The van der Waals surface area contributed by atoms with Crippen molar-refractivity contribution in [2.75, 3.05) is 0 Å². The van der Waals surface area contributed by atoms with E-state index in [-0.39, 0.29) is 0 Å². The first-order chi connectivity index (χ1) is 6.36. The predicted molar refractivity (Wildman–Crippen MR) is 46.8 cm³/mol. The third kappa shape index (κ3) is 0.409. The number of carbonyl (C=O) groups excluding carboxylic acids is 1. The van der Waals surface area contributed by atoms with Crippen LogP contribution in [-0.2, 0) is 4.79 Å². The van der Waals surface area contributed by atoms with Gasteiger partial charge in [0, 0.05) is 12.3 Å². The first kappa shape index (κ1) is 6.21. The number of fused-ring (bicyclic) bond motifs is 1. The molecule has 6 aliphatic rings. The molecule has 0 spiro atoms. The molecule has 8 atom stereocenters. The number of ketones is 1. The minimum atomic E-state index is 0.573. The van der Waals surface area contributed by atoms with Gasteiger partial charge < -0.3 is 0 Å². The van der Waals surface area contributed by atoms with Crippen LogP contribution in [0.15, 0.2) is 0 Å². The van der Waals surface area contributed by atoms with Crippen LogP contribution in [0.4, 0.5) is 0 Å². The highest BCUT2D eigenvalue weighted by Gasteiger charge is 2.76. The van der Waals surface area contributed by atoms with Gasteiger partial charge in [-0.1, -0.05) is 0 Å². The van der Waals surface area contributed by atoms with Crippen molar-refractivity contribution in [3.8, 4) is 0 Å². The van der Waals surface area contributed by atoms with Gasteiger partial charge in [0.2, 0.25) is 0 Å². The van der Waals surface area contributed by atoms with Crippen molar-refractivity contribution < 1.29 is 4.79 Å². The monoisotopic (exact) mass is 174 g/mol. The number of carbonyl (C=O) groups is 1. The van der Waals surface area contributed by atoms with Gasteiger partial charge in [-0.15, -0.1) is 0 Å². The molecule has 1 nitrogen and oxygen atoms in total. The Balaban J connectivity index is 1.84. The maximum absolute atomic E-state index is 11.8. The molecule has 1 heteroatoms. The first-order valence-corrected chi connectivity index (χ1v) is 5.89. The highest BCUT2D eigenvalue weighted by molar-refractivity contribution is 5.85. The lowest BCUT2D eigenvalue weighted by atomic mass is 9.52. The molecule has 6 aliphatic carbocycles.